The zero-order valence-corrected chi connectivity index (χ0v) is 17.9. The Morgan fingerprint density at radius 1 is 1.23 bits per heavy atom. The molecule has 0 aromatic heterocycles. The normalized spacial score (nSPS) is 48.9. The number of rotatable bonds is 2. The van der Waals surface area contributed by atoms with Crippen molar-refractivity contribution in [1.82, 2.24) is 0 Å². The summed E-state index contributed by atoms with van der Waals surface area (Å²) in [5.74, 6) is -3.07. The number of ether oxygens (including phenoxy) is 1. The van der Waals surface area contributed by atoms with Crippen LogP contribution in [0.2, 0.25) is 0 Å². The van der Waals surface area contributed by atoms with Gasteiger partial charge in [0.25, 0.3) is 0 Å². The largest absolute Gasteiger partial charge is 0.462 e. The van der Waals surface area contributed by atoms with E-state index in [9.17, 15) is 29.7 Å². The monoisotopic (exact) mass is 436 g/mol. The molecular formula is C23H29FO7. The third-order valence-electron chi connectivity index (χ3n) is 8.47. The number of carbonyl (C=O) groups excluding carboxylic acids is 3. The molecule has 0 aromatic rings. The van der Waals surface area contributed by atoms with Crippen molar-refractivity contribution in [2.24, 2.45) is 22.7 Å². The van der Waals surface area contributed by atoms with Crippen molar-refractivity contribution in [3.63, 3.8) is 0 Å². The van der Waals surface area contributed by atoms with Gasteiger partial charge in [0.1, 0.15) is 6.61 Å². The highest BCUT2D eigenvalue weighted by atomic mass is 19.1. The van der Waals surface area contributed by atoms with Crippen LogP contribution in [0, 0.1) is 22.7 Å². The van der Waals surface area contributed by atoms with Crippen LogP contribution in [0.25, 0.3) is 0 Å². The molecule has 170 valence electrons. The Hall–Kier alpha value is -1.90. The lowest BCUT2D eigenvalue weighted by atomic mass is 9.42. The first-order valence-corrected chi connectivity index (χ1v) is 10.7. The average Bonchev–Trinajstić information content (AvgIpc) is 2.69. The molecule has 0 bridgehead atoms. The third kappa shape index (κ3) is 2.77. The minimum absolute atomic E-state index is 0.0686. The second-order valence-electron chi connectivity index (χ2n) is 10.0. The molecule has 3 fully saturated rings. The van der Waals surface area contributed by atoms with Gasteiger partial charge in [0.05, 0.1) is 12.2 Å². The molecule has 0 aromatic carbocycles. The maximum atomic E-state index is 16.9. The van der Waals surface area contributed by atoms with Gasteiger partial charge in [-0.15, -0.1) is 0 Å². The van der Waals surface area contributed by atoms with E-state index in [-0.39, 0.29) is 18.6 Å². The smallest absolute Gasteiger partial charge is 0.302 e. The summed E-state index contributed by atoms with van der Waals surface area (Å²) < 4.78 is 21.8. The number of alkyl halides is 1. The molecule has 0 heterocycles. The number of aliphatic hydroxyl groups excluding tert-OH is 2. The van der Waals surface area contributed by atoms with Gasteiger partial charge in [-0.3, -0.25) is 14.4 Å². The summed E-state index contributed by atoms with van der Waals surface area (Å²) in [6.45, 7) is 3.69. The Morgan fingerprint density at radius 2 is 1.90 bits per heavy atom. The summed E-state index contributed by atoms with van der Waals surface area (Å²) in [5.41, 5.74) is -6.34. The van der Waals surface area contributed by atoms with Crippen LogP contribution in [0.1, 0.15) is 46.5 Å². The Bertz CT molecular complexity index is 912. The molecular weight excluding hydrogens is 407 g/mol. The van der Waals surface area contributed by atoms with Crippen molar-refractivity contribution in [3.8, 4) is 0 Å². The van der Waals surface area contributed by atoms with Gasteiger partial charge >= 0.3 is 5.97 Å². The molecule has 0 amide bonds. The molecule has 3 saturated carbocycles. The van der Waals surface area contributed by atoms with Crippen LogP contribution in [-0.2, 0) is 19.1 Å². The molecule has 0 aliphatic heterocycles. The SMILES string of the molecule is CC(=O)OC[C@]1(O)C(=O)[C@@]2(C)C[C@H](O)[C@@]3(F)C(CCC4=CC(=O)C=C[C@@]43C)C2C[C@H]1O. The first-order valence-electron chi connectivity index (χ1n) is 10.7. The van der Waals surface area contributed by atoms with E-state index in [0.29, 0.717) is 18.4 Å². The van der Waals surface area contributed by atoms with E-state index in [4.69, 9.17) is 4.74 Å². The molecule has 0 saturated heterocycles. The van der Waals surface area contributed by atoms with Gasteiger partial charge in [-0.2, -0.15) is 0 Å². The number of hydrogen-bond donors (Lipinski definition) is 3. The number of halogens is 1. The minimum Gasteiger partial charge on any atom is -0.462 e. The van der Waals surface area contributed by atoms with E-state index in [1.54, 1.807) is 13.8 Å². The molecule has 4 aliphatic rings. The maximum absolute atomic E-state index is 16.9. The molecule has 2 unspecified atom stereocenters. The van der Waals surface area contributed by atoms with Crippen LogP contribution in [0.4, 0.5) is 4.39 Å². The number of hydrogen-bond acceptors (Lipinski definition) is 7. The topological polar surface area (TPSA) is 121 Å². The maximum Gasteiger partial charge on any atom is 0.302 e. The van der Waals surface area contributed by atoms with Gasteiger partial charge in [0, 0.05) is 23.7 Å². The van der Waals surface area contributed by atoms with Crippen LogP contribution in [0.3, 0.4) is 0 Å². The van der Waals surface area contributed by atoms with E-state index in [0.717, 1.165) is 6.92 Å². The van der Waals surface area contributed by atoms with Crippen molar-refractivity contribution >= 4 is 17.5 Å². The Balaban J connectivity index is 1.75. The Morgan fingerprint density at radius 3 is 2.55 bits per heavy atom. The first kappa shape index (κ1) is 22.3. The van der Waals surface area contributed by atoms with E-state index < -0.39 is 64.5 Å². The molecule has 4 aliphatic carbocycles. The molecule has 7 nitrogen and oxygen atoms in total. The fourth-order valence-corrected chi connectivity index (χ4v) is 6.71. The number of allylic oxidation sites excluding steroid dienone is 4. The van der Waals surface area contributed by atoms with Gasteiger partial charge in [-0.05, 0) is 50.7 Å². The molecule has 31 heavy (non-hydrogen) atoms. The van der Waals surface area contributed by atoms with Crippen molar-refractivity contribution in [2.45, 2.75) is 69.9 Å². The molecule has 3 N–H and O–H groups in total. The number of Topliss-reactive ketones (excluding diaryl/α,β-unsaturated/α-hetero) is 1. The fourth-order valence-electron chi connectivity index (χ4n) is 6.71. The van der Waals surface area contributed by atoms with E-state index >= 15 is 4.39 Å². The van der Waals surface area contributed by atoms with Crippen molar-refractivity contribution in [3.05, 3.63) is 23.8 Å². The van der Waals surface area contributed by atoms with E-state index in [1.165, 1.54) is 18.2 Å². The lowest BCUT2D eigenvalue weighted by Crippen LogP contribution is -2.73. The van der Waals surface area contributed by atoms with Crippen LogP contribution in [-0.4, -0.2) is 62.9 Å². The Labute approximate surface area is 180 Å². The quantitative estimate of drug-likeness (QED) is 0.556. The summed E-state index contributed by atoms with van der Waals surface area (Å²) >= 11 is 0. The molecule has 4 rings (SSSR count). The highest BCUT2D eigenvalue weighted by Crippen LogP contribution is 2.66. The number of ketones is 2. The number of carbonyl (C=O) groups is 3. The summed E-state index contributed by atoms with van der Waals surface area (Å²) in [6, 6.07) is 0. The fraction of sp³-hybridized carbons (Fsp3) is 0.696. The van der Waals surface area contributed by atoms with Gasteiger partial charge in [-0.1, -0.05) is 18.6 Å². The van der Waals surface area contributed by atoms with E-state index in [1.807, 2.05) is 0 Å². The zero-order chi connectivity index (χ0) is 23.0. The summed E-state index contributed by atoms with van der Waals surface area (Å²) in [5, 5.41) is 32.8. The highest BCUT2D eigenvalue weighted by Gasteiger charge is 2.73. The third-order valence-corrected chi connectivity index (χ3v) is 8.47. The molecule has 0 radical (unpaired) electrons. The van der Waals surface area contributed by atoms with Gasteiger partial charge in [0.2, 0.25) is 0 Å². The second kappa shape index (κ2) is 6.80. The van der Waals surface area contributed by atoms with Crippen LogP contribution in [0.5, 0.6) is 0 Å². The average molecular weight is 436 g/mol. The molecule has 0 spiro atoms. The van der Waals surface area contributed by atoms with Crippen molar-refractivity contribution in [2.75, 3.05) is 6.61 Å². The molecule has 8 heteroatoms. The van der Waals surface area contributed by atoms with Crippen LogP contribution in [0.15, 0.2) is 23.8 Å². The predicted octanol–water partition coefficient (Wildman–Crippen LogP) is 1.19. The van der Waals surface area contributed by atoms with Crippen molar-refractivity contribution < 1.29 is 38.8 Å². The first-order chi connectivity index (χ1) is 14.3. The predicted molar refractivity (Wildman–Crippen MR) is 106 cm³/mol. The van der Waals surface area contributed by atoms with Crippen LogP contribution >= 0.6 is 0 Å². The van der Waals surface area contributed by atoms with Gasteiger partial charge in [-0.25, -0.2) is 4.39 Å². The summed E-state index contributed by atoms with van der Waals surface area (Å²) in [4.78, 5) is 36.5. The number of esters is 1. The minimum atomic E-state index is -2.31. The van der Waals surface area contributed by atoms with Crippen molar-refractivity contribution in [1.29, 1.82) is 0 Å². The zero-order valence-electron chi connectivity index (χ0n) is 17.9. The standard InChI is InChI=1S/C23H29FO7/c1-12(25)31-11-22(30)17(27)9-16-15-5-4-13-8-14(26)6-7-21(13,3)23(15,24)18(28)10-20(16,2)19(22)29/h6-8,15-18,27-28,30H,4-5,9-11H2,1-3H3/t15?,16?,17-,18+,20+,21+,22-,23+/m1/s1. The Kier molecular flexibility index (Phi) is 4.89. The van der Waals surface area contributed by atoms with Gasteiger partial charge in [0.15, 0.2) is 22.8 Å². The van der Waals surface area contributed by atoms with Crippen LogP contribution < -0.4 is 0 Å². The lowest BCUT2D eigenvalue weighted by Gasteiger charge is -2.64. The lowest BCUT2D eigenvalue weighted by molar-refractivity contribution is -0.235. The van der Waals surface area contributed by atoms with Gasteiger partial charge < -0.3 is 20.1 Å². The summed E-state index contributed by atoms with van der Waals surface area (Å²) in [7, 11) is 0. The highest BCUT2D eigenvalue weighted by molar-refractivity contribution is 6.01. The summed E-state index contributed by atoms with van der Waals surface area (Å²) in [6.07, 6.45) is 1.62. The van der Waals surface area contributed by atoms with E-state index in [2.05, 4.69) is 0 Å². The number of fused-ring (bicyclic) bond motifs is 5. The second-order valence-corrected chi connectivity index (χ2v) is 10.0. The molecule has 8 atom stereocenters. The number of aliphatic hydroxyl groups is 3.